The molecule has 1 aliphatic rings. The molecule has 5 nitrogen and oxygen atoms in total. The number of carbonyl (C=O) groups is 2. The van der Waals surface area contributed by atoms with Crippen LogP contribution in [-0.4, -0.2) is 11.9 Å². The van der Waals surface area contributed by atoms with Crippen molar-refractivity contribution in [2.24, 2.45) is 0 Å². The van der Waals surface area contributed by atoms with Gasteiger partial charge >= 0.3 is 6.03 Å². The van der Waals surface area contributed by atoms with Gasteiger partial charge in [0.1, 0.15) is 0 Å². The van der Waals surface area contributed by atoms with E-state index in [1.165, 1.54) is 5.56 Å². The zero-order valence-corrected chi connectivity index (χ0v) is 16.1. The average molecular weight is 363 g/mol. The number of benzene rings is 2. The molecule has 3 N–H and O–H groups in total. The van der Waals surface area contributed by atoms with Crippen LogP contribution in [0.1, 0.15) is 49.4 Å². The van der Waals surface area contributed by atoms with Gasteiger partial charge in [0.25, 0.3) is 5.91 Å². The van der Waals surface area contributed by atoms with Crippen LogP contribution < -0.4 is 16.0 Å². The summed E-state index contributed by atoms with van der Waals surface area (Å²) >= 11 is 0. The lowest BCUT2D eigenvalue weighted by Gasteiger charge is -2.29. The molecule has 5 heteroatoms. The van der Waals surface area contributed by atoms with Gasteiger partial charge in [-0.1, -0.05) is 55.8 Å². The van der Waals surface area contributed by atoms with Crippen LogP contribution in [0.15, 0.2) is 59.8 Å². The second-order valence-corrected chi connectivity index (χ2v) is 7.21. The first-order valence-electron chi connectivity index (χ1n) is 9.11. The minimum Gasteiger partial charge on any atom is -0.327 e. The highest BCUT2D eigenvalue weighted by atomic mass is 16.2. The predicted molar refractivity (Wildman–Crippen MR) is 107 cm³/mol. The molecule has 3 amide bonds. The van der Waals surface area contributed by atoms with E-state index < -0.39 is 6.04 Å². The van der Waals surface area contributed by atoms with Crippen LogP contribution in [0.4, 0.5) is 10.5 Å². The molecule has 0 unspecified atom stereocenters. The molecule has 0 bridgehead atoms. The predicted octanol–water partition coefficient (Wildman–Crippen LogP) is 4.39. The van der Waals surface area contributed by atoms with Gasteiger partial charge in [-0.25, -0.2) is 4.79 Å². The van der Waals surface area contributed by atoms with Crippen molar-refractivity contribution in [3.05, 3.63) is 76.5 Å². The first kappa shape index (κ1) is 18.7. The second kappa shape index (κ2) is 7.66. The van der Waals surface area contributed by atoms with Crippen molar-refractivity contribution in [3.8, 4) is 0 Å². The van der Waals surface area contributed by atoms with E-state index in [0.717, 1.165) is 16.8 Å². The van der Waals surface area contributed by atoms with Crippen molar-refractivity contribution < 1.29 is 9.59 Å². The average Bonchev–Trinajstić information content (AvgIpc) is 2.63. The minimum atomic E-state index is -0.495. The molecule has 1 atom stereocenters. The molecule has 140 valence electrons. The standard InChI is InChI=1S/C22H25N3O2/c1-13(2)16-7-9-17(10-8-16)20-19(15(4)23-22(27)25-20)21(26)24-18-11-5-14(3)6-12-18/h5-13,20H,1-4H3,(H,24,26)(H2,23,25,27)/t20-/m0/s1. The molecular formula is C22H25N3O2. The van der Waals surface area contributed by atoms with Gasteiger partial charge in [0.05, 0.1) is 11.6 Å². The summed E-state index contributed by atoms with van der Waals surface area (Å²) in [6.45, 7) is 8.01. The van der Waals surface area contributed by atoms with Gasteiger partial charge in [-0.05, 0) is 43.0 Å². The summed E-state index contributed by atoms with van der Waals surface area (Å²) in [6.07, 6.45) is 0. The molecule has 0 spiro atoms. The molecule has 27 heavy (non-hydrogen) atoms. The first-order chi connectivity index (χ1) is 12.8. The summed E-state index contributed by atoms with van der Waals surface area (Å²) in [5.41, 5.74) is 5.00. The lowest BCUT2D eigenvalue weighted by atomic mass is 9.92. The quantitative estimate of drug-likeness (QED) is 0.754. The molecular weight excluding hydrogens is 338 g/mol. The van der Waals surface area contributed by atoms with E-state index in [0.29, 0.717) is 17.2 Å². The van der Waals surface area contributed by atoms with E-state index in [1.54, 1.807) is 6.92 Å². The Morgan fingerprint density at radius 3 is 2.22 bits per heavy atom. The molecule has 0 aromatic heterocycles. The fraction of sp³-hybridized carbons (Fsp3) is 0.273. The molecule has 2 aromatic rings. The van der Waals surface area contributed by atoms with E-state index >= 15 is 0 Å². The number of allylic oxidation sites excluding steroid dienone is 1. The molecule has 0 saturated carbocycles. The highest BCUT2D eigenvalue weighted by molar-refractivity contribution is 6.06. The van der Waals surface area contributed by atoms with E-state index in [9.17, 15) is 9.59 Å². The summed E-state index contributed by atoms with van der Waals surface area (Å²) < 4.78 is 0. The van der Waals surface area contributed by atoms with E-state index in [4.69, 9.17) is 0 Å². The first-order valence-corrected chi connectivity index (χ1v) is 9.11. The molecule has 0 fully saturated rings. The largest absolute Gasteiger partial charge is 0.327 e. The summed E-state index contributed by atoms with van der Waals surface area (Å²) in [4.78, 5) is 25.0. The maximum absolute atomic E-state index is 13.0. The van der Waals surface area contributed by atoms with Crippen molar-refractivity contribution in [2.45, 2.75) is 39.7 Å². The maximum Gasteiger partial charge on any atom is 0.319 e. The number of urea groups is 1. The Morgan fingerprint density at radius 1 is 1.00 bits per heavy atom. The van der Waals surface area contributed by atoms with Crippen molar-refractivity contribution in [1.82, 2.24) is 10.6 Å². The van der Waals surface area contributed by atoms with Gasteiger partial charge in [0.2, 0.25) is 0 Å². The van der Waals surface area contributed by atoms with Crippen LogP contribution in [0.25, 0.3) is 0 Å². The smallest absolute Gasteiger partial charge is 0.319 e. The van der Waals surface area contributed by atoms with Gasteiger partial charge in [-0.3, -0.25) is 4.79 Å². The van der Waals surface area contributed by atoms with Crippen LogP contribution in [0.2, 0.25) is 0 Å². The number of carbonyl (C=O) groups excluding carboxylic acids is 2. The summed E-state index contributed by atoms with van der Waals surface area (Å²) in [5.74, 6) is 0.185. The monoisotopic (exact) mass is 363 g/mol. The Kier molecular flexibility index (Phi) is 5.31. The molecule has 1 heterocycles. The van der Waals surface area contributed by atoms with Crippen LogP contribution in [-0.2, 0) is 4.79 Å². The van der Waals surface area contributed by atoms with Crippen molar-refractivity contribution >= 4 is 17.6 Å². The lowest BCUT2D eigenvalue weighted by Crippen LogP contribution is -2.45. The summed E-state index contributed by atoms with van der Waals surface area (Å²) in [5, 5.41) is 8.50. The second-order valence-electron chi connectivity index (χ2n) is 7.21. The molecule has 2 aromatic carbocycles. The third-order valence-corrected chi connectivity index (χ3v) is 4.76. The SMILES string of the molecule is CC1=C(C(=O)Nc2ccc(C)cc2)[C@H](c2ccc(C(C)C)cc2)NC(=O)N1. The third kappa shape index (κ3) is 4.19. The number of hydrogen-bond acceptors (Lipinski definition) is 2. The molecule has 3 rings (SSSR count). The minimum absolute atomic E-state index is 0.234. The molecule has 0 saturated heterocycles. The zero-order valence-electron chi connectivity index (χ0n) is 16.1. The Balaban J connectivity index is 1.91. The highest BCUT2D eigenvalue weighted by Crippen LogP contribution is 2.29. The normalized spacial score (nSPS) is 16.8. The van der Waals surface area contributed by atoms with Gasteiger partial charge in [0, 0.05) is 11.4 Å². The number of aryl methyl sites for hydroxylation is 1. The van der Waals surface area contributed by atoms with Gasteiger partial charge in [-0.2, -0.15) is 0 Å². The Bertz CT molecular complexity index is 881. The molecule has 1 aliphatic heterocycles. The Morgan fingerprint density at radius 2 is 1.63 bits per heavy atom. The van der Waals surface area contributed by atoms with E-state index in [-0.39, 0.29) is 11.9 Å². The maximum atomic E-state index is 13.0. The van der Waals surface area contributed by atoms with Crippen molar-refractivity contribution in [1.29, 1.82) is 0 Å². The van der Waals surface area contributed by atoms with Crippen LogP contribution >= 0.6 is 0 Å². The van der Waals surface area contributed by atoms with Crippen LogP contribution in [0.3, 0.4) is 0 Å². The number of anilines is 1. The van der Waals surface area contributed by atoms with Gasteiger partial charge in [0.15, 0.2) is 0 Å². The van der Waals surface area contributed by atoms with Crippen molar-refractivity contribution in [3.63, 3.8) is 0 Å². The fourth-order valence-corrected chi connectivity index (χ4v) is 3.15. The highest BCUT2D eigenvalue weighted by Gasteiger charge is 2.31. The van der Waals surface area contributed by atoms with E-state index in [2.05, 4.69) is 29.8 Å². The number of nitrogens with one attached hydrogen (secondary N) is 3. The summed E-state index contributed by atoms with van der Waals surface area (Å²) in [6, 6.07) is 14.8. The Hall–Kier alpha value is -3.08. The zero-order chi connectivity index (χ0) is 19.6. The molecule has 0 aliphatic carbocycles. The lowest BCUT2D eigenvalue weighted by molar-refractivity contribution is -0.113. The van der Waals surface area contributed by atoms with Gasteiger partial charge in [-0.15, -0.1) is 0 Å². The fourth-order valence-electron chi connectivity index (χ4n) is 3.15. The van der Waals surface area contributed by atoms with E-state index in [1.807, 2.05) is 55.5 Å². The number of hydrogen-bond donors (Lipinski definition) is 3. The van der Waals surface area contributed by atoms with Gasteiger partial charge < -0.3 is 16.0 Å². The third-order valence-electron chi connectivity index (χ3n) is 4.76. The number of amides is 3. The van der Waals surface area contributed by atoms with Crippen LogP contribution in [0, 0.1) is 6.92 Å². The number of rotatable bonds is 4. The Labute approximate surface area is 159 Å². The van der Waals surface area contributed by atoms with Crippen LogP contribution in [0.5, 0.6) is 0 Å². The topological polar surface area (TPSA) is 70.2 Å². The molecule has 0 radical (unpaired) electrons. The van der Waals surface area contributed by atoms with Crippen molar-refractivity contribution in [2.75, 3.05) is 5.32 Å². The summed E-state index contributed by atoms with van der Waals surface area (Å²) in [7, 11) is 0.